The molecular formula is C12H20O3. The topological polar surface area (TPSA) is 35.5 Å². The second-order valence-electron chi connectivity index (χ2n) is 5.06. The molecule has 1 aliphatic heterocycles. The SMILES string of the molecule is CC(=O)OC1CCC2(CCC(C)CC2)O1. The lowest BCUT2D eigenvalue weighted by Crippen LogP contribution is -2.34. The molecule has 1 atom stereocenters. The summed E-state index contributed by atoms with van der Waals surface area (Å²) in [7, 11) is 0. The van der Waals surface area contributed by atoms with Gasteiger partial charge in [0.15, 0.2) is 0 Å². The molecule has 1 unspecified atom stereocenters. The van der Waals surface area contributed by atoms with Gasteiger partial charge in [-0.05, 0) is 38.0 Å². The number of carbonyl (C=O) groups is 1. The number of esters is 1. The molecule has 0 N–H and O–H groups in total. The van der Waals surface area contributed by atoms with Gasteiger partial charge in [0.2, 0.25) is 6.29 Å². The van der Waals surface area contributed by atoms with Crippen molar-refractivity contribution in [2.24, 2.45) is 5.92 Å². The van der Waals surface area contributed by atoms with Crippen LogP contribution < -0.4 is 0 Å². The molecule has 0 aromatic rings. The van der Waals surface area contributed by atoms with Crippen LogP contribution in [-0.4, -0.2) is 17.9 Å². The molecule has 86 valence electrons. The Morgan fingerprint density at radius 3 is 2.47 bits per heavy atom. The average molecular weight is 212 g/mol. The lowest BCUT2D eigenvalue weighted by molar-refractivity contribution is -0.190. The predicted octanol–water partition coefficient (Wildman–Crippen LogP) is 2.63. The van der Waals surface area contributed by atoms with Crippen molar-refractivity contribution in [3.63, 3.8) is 0 Å². The highest BCUT2D eigenvalue weighted by Crippen LogP contribution is 2.43. The van der Waals surface area contributed by atoms with Crippen LogP contribution in [-0.2, 0) is 14.3 Å². The third kappa shape index (κ3) is 2.51. The van der Waals surface area contributed by atoms with E-state index in [1.165, 1.54) is 19.8 Å². The number of hydrogen-bond acceptors (Lipinski definition) is 3. The first-order chi connectivity index (χ1) is 7.10. The molecule has 2 aliphatic rings. The minimum Gasteiger partial charge on any atom is -0.436 e. The van der Waals surface area contributed by atoms with Gasteiger partial charge in [0.25, 0.3) is 0 Å². The van der Waals surface area contributed by atoms with E-state index in [1.807, 2.05) is 0 Å². The highest BCUT2D eigenvalue weighted by atomic mass is 16.7. The average Bonchev–Trinajstić information content (AvgIpc) is 2.54. The molecule has 2 fully saturated rings. The highest BCUT2D eigenvalue weighted by Gasteiger charge is 2.43. The van der Waals surface area contributed by atoms with Gasteiger partial charge in [-0.3, -0.25) is 4.79 Å². The molecule has 1 saturated heterocycles. The Morgan fingerprint density at radius 2 is 1.87 bits per heavy atom. The van der Waals surface area contributed by atoms with Gasteiger partial charge in [-0.1, -0.05) is 6.92 Å². The molecular weight excluding hydrogens is 192 g/mol. The Balaban J connectivity index is 1.88. The summed E-state index contributed by atoms with van der Waals surface area (Å²) >= 11 is 0. The maximum absolute atomic E-state index is 10.8. The van der Waals surface area contributed by atoms with Crippen molar-refractivity contribution in [2.45, 2.75) is 64.3 Å². The minimum absolute atomic E-state index is 0.0344. The van der Waals surface area contributed by atoms with Gasteiger partial charge in [0.1, 0.15) is 0 Å². The second-order valence-corrected chi connectivity index (χ2v) is 5.06. The molecule has 3 nitrogen and oxygen atoms in total. The number of rotatable bonds is 1. The summed E-state index contributed by atoms with van der Waals surface area (Å²) in [5.41, 5.74) is 0.0344. The second kappa shape index (κ2) is 4.12. The fourth-order valence-corrected chi connectivity index (χ4v) is 2.70. The van der Waals surface area contributed by atoms with Crippen LogP contribution >= 0.6 is 0 Å². The van der Waals surface area contributed by atoms with Gasteiger partial charge >= 0.3 is 5.97 Å². The molecule has 1 aliphatic carbocycles. The van der Waals surface area contributed by atoms with Gasteiger partial charge in [-0.25, -0.2) is 0 Å². The molecule has 0 aromatic carbocycles. The van der Waals surface area contributed by atoms with Crippen molar-refractivity contribution < 1.29 is 14.3 Å². The smallest absolute Gasteiger partial charge is 0.304 e. The van der Waals surface area contributed by atoms with E-state index in [9.17, 15) is 4.79 Å². The molecule has 0 bridgehead atoms. The molecule has 1 spiro atoms. The molecule has 1 saturated carbocycles. The van der Waals surface area contributed by atoms with E-state index in [-0.39, 0.29) is 17.9 Å². The molecule has 2 rings (SSSR count). The first-order valence-corrected chi connectivity index (χ1v) is 5.95. The standard InChI is InChI=1S/C12H20O3/c1-9-3-6-12(7-4-9)8-5-11(15-12)14-10(2)13/h9,11H,3-8H2,1-2H3. The Hall–Kier alpha value is -0.570. The number of ether oxygens (including phenoxy) is 2. The number of hydrogen-bond donors (Lipinski definition) is 0. The van der Waals surface area contributed by atoms with Crippen molar-refractivity contribution in [1.29, 1.82) is 0 Å². The van der Waals surface area contributed by atoms with Gasteiger partial charge < -0.3 is 9.47 Å². The lowest BCUT2D eigenvalue weighted by Gasteiger charge is -2.35. The predicted molar refractivity (Wildman–Crippen MR) is 56.2 cm³/mol. The molecule has 0 aromatic heterocycles. The van der Waals surface area contributed by atoms with Crippen molar-refractivity contribution >= 4 is 5.97 Å². The summed E-state index contributed by atoms with van der Waals surface area (Å²) in [6, 6.07) is 0. The van der Waals surface area contributed by atoms with Gasteiger partial charge in [0.05, 0.1) is 5.60 Å². The van der Waals surface area contributed by atoms with E-state index in [0.717, 1.165) is 31.6 Å². The van der Waals surface area contributed by atoms with Crippen molar-refractivity contribution in [2.75, 3.05) is 0 Å². The first-order valence-electron chi connectivity index (χ1n) is 5.95. The molecule has 0 radical (unpaired) electrons. The highest BCUT2D eigenvalue weighted by molar-refractivity contribution is 5.66. The quantitative estimate of drug-likeness (QED) is 0.627. The van der Waals surface area contributed by atoms with Crippen LogP contribution in [0.3, 0.4) is 0 Å². The Morgan fingerprint density at radius 1 is 1.27 bits per heavy atom. The molecule has 1 heterocycles. The van der Waals surface area contributed by atoms with E-state index < -0.39 is 0 Å². The van der Waals surface area contributed by atoms with Crippen LogP contribution in [0.4, 0.5) is 0 Å². The fourth-order valence-electron chi connectivity index (χ4n) is 2.70. The van der Waals surface area contributed by atoms with Gasteiger partial charge in [0, 0.05) is 13.3 Å². The molecule has 0 amide bonds. The van der Waals surface area contributed by atoms with E-state index in [0.29, 0.717) is 0 Å². The third-order valence-corrected chi connectivity index (χ3v) is 3.70. The summed E-state index contributed by atoms with van der Waals surface area (Å²) in [5.74, 6) is 0.591. The van der Waals surface area contributed by atoms with Gasteiger partial charge in [-0.2, -0.15) is 0 Å². The monoisotopic (exact) mass is 212 g/mol. The maximum atomic E-state index is 10.8. The van der Waals surface area contributed by atoms with Crippen LogP contribution in [0.15, 0.2) is 0 Å². The summed E-state index contributed by atoms with van der Waals surface area (Å²) in [5, 5.41) is 0. The fraction of sp³-hybridized carbons (Fsp3) is 0.917. The van der Waals surface area contributed by atoms with Crippen molar-refractivity contribution in [1.82, 2.24) is 0 Å². The van der Waals surface area contributed by atoms with E-state index in [2.05, 4.69) is 6.92 Å². The van der Waals surface area contributed by atoms with Crippen LogP contribution in [0.25, 0.3) is 0 Å². The van der Waals surface area contributed by atoms with Crippen LogP contribution in [0.2, 0.25) is 0 Å². The van der Waals surface area contributed by atoms with Gasteiger partial charge in [-0.15, -0.1) is 0 Å². The lowest BCUT2D eigenvalue weighted by atomic mass is 9.78. The van der Waals surface area contributed by atoms with Crippen LogP contribution in [0, 0.1) is 5.92 Å². The first kappa shape index (κ1) is 10.9. The summed E-state index contributed by atoms with van der Waals surface area (Å²) in [6.45, 7) is 3.74. The zero-order valence-corrected chi connectivity index (χ0v) is 9.62. The minimum atomic E-state index is -0.282. The summed E-state index contributed by atoms with van der Waals surface area (Å²) < 4.78 is 11.0. The normalized spacial score (nSPS) is 40.7. The Labute approximate surface area is 91.1 Å². The summed E-state index contributed by atoms with van der Waals surface area (Å²) in [4.78, 5) is 10.8. The van der Waals surface area contributed by atoms with E-state index in [1.54, 1.807) is 0 Å². The number of carbonyl (C=O) groups excluding carboxylic acids is 1. The Bertz CT molecular complexity index is 241. The zero-order valence-electron chi connectivity index (χ0n) is 9.62. The zero-order chi connectivity index (χ0) is 10.9. The van der Waals surface area contributed by atoms with E-state index >= 15 is 0 Å². The Kier molecular flexibility index (Phi) is 3.01. The van der Waals surface area contributed by atoms with Crippen molar-refractivity contribution in [3.05, 3.63) is 0 Å². The maximum Gasteiger partial charge on any atom is 0.304 e. The molecule has 15 heavy (non-hydrogen) atoms. The largest absolute Gasteiger partial charge is 0.436 e. The molecule has 3 heteroatoms. The summed E-state index contributed by atoms with van der Waals surface area (Å²) in [6.07, 6.45) is 6.39. The third-order valence-electron chi connectivity index (χ3n) is 3.70. The van der Waals surface area contributed by atoms with Crippen LogP contribution in [0.5, 0.6) is 0 Å². The van der Waals surface area contributed by atoms with Crippen molar-refractivity contribution in [3.8, 4) is 0 Å². The van der Waals surface area contributed by atoms with Crippen LogP contribution in [0.1, 0.15) is 52.4 Å². The van der Waals surface area contributed by atoms with E-state index in [4.69, 9.17) is 9.47 Å².